The molecular weight excluding hydrogens is 386 g/mol. The summed E-state index contributed by atoms with van der Waals surface area (Å²) in [4.78, 5) is 15.7. The van der Waals surface area contributed by atoms with Crippen LogP contribution in [0.2, 0.25) is 0 Å². The summed E-state index contributed by atoms with van der Waals surface area (Å²) in [6, 6.07) is 11.3. The predicted molar refractivity (Wildman–Crippen MR) is 86.8 cm³/mol. The summed E-state index contributed by atoms with van der Waals surface area (Å²) in [7, 11) is 0. The molecule has 0 atom stereocenters. The van der Waals surface area contributed by atoms with Gasteiger partial charge in [0.25, 0.3) is 0 Å². The van der Waals surface area contributed by atoms with Crippen LogP contribution >= 0.6 is 31.9 Å². The van der Waals surface area contributed by atoms with E-state index in [9.17, 15) is 4.79 Å². The van der Waals surface area contributed by atoms with Gasteiger partial charge in [0, 0.05) is 21.7 Å². The number of nitrogens with one attached hydrogen (secondary N) is 2. The van der Waals surface area contributed by atoms with E-state index >= 15 is 0 Å². The molecule has 1 aromatic heterocycles. The first kappa shape index (κ1) is 15.0. The molecule has 0 saturated heterocycles. The molecule has 2 aromatic rings. The zero-order chi connectivity index (χ0) is 14.4. The third kappa shape index (κ3) is 4.94. The minimum Gasteiger partial charge on any atom is -0.337 e. The third-order valence-electron chi connectivity index (χ3n) is 2.55. The number of pyridine rings is 1. The molecule has 0 aliphatic rings. The normalized spacial score (nSPS) is 10.1. The van der Waals surface area contributed by atoms with Gasteiger partial charge in [-0.25, -0.2) is 9.78 Å². The van der Waals surface area contributed by atoms with Crippen LogP contribution in [-0.4, -0.2) is 17.6 Å². The fraction of sp³-hybridized carbons (Fsp3) is 0.143. The van der Waals surface area contributed by atoms with Crippen LogP contribution in [0.5, 0.6) is 0 Å². The molecule has 0 spiro atoms. The van der Waals surface area contributed by atoms with E-state index in [1.165, 1.54) is 5.56 Å². The summed E-state index contributed by atoms with van der Waals surface area (Å²) in [5, 5.41) is 5.48. The van der Waals surface area contributed by atoms with Crippen LogP contribution in [0.4, 0.5) is 10.6 Å². The second-order valence-corrected chi connectivity index (χ2v) is 5.95. The first-order chi connectivity index (χ1) is 9.63. The molecule has 104 valence electrons. The van der Waals surface area contributed by atoms with Crippen LogP contribution in [0.25, 0.3) is 0 Å². The topological polar surface area (TPSA) is 54.0 Å². The quantitative estimate of drug-likeness (QED) is 0.818. The molecule has 20 heavy (non-hydrogen) atoms. The fourth-order valence-electron chi connectivity index (χ4n) is 1.65. The van der Waals surface area contributed by atoms with Gasteiger partial charge in [-0.2, -0.15) is 0 Å². The van der Waals surface area contributed by atoms with Crippen molar-refractivity contribution in [3.05, 3.63) is 57.1 Å². The van der Waals surface area contributed by atoms with Gasteiger partial charge in [0.1, 0.15) is 5.82 Å². The highest BCUT2D eigenvalue weighted by atomic mass is 79.9. The molecule has 0 fully saturated rings. The Morgan fingerprint density at radius 1 is 1.15 bits per heavy atom. The second kappa shape index (κ2) is 7.40. The summed E-state index contributed by atoms with van der Waals surface area (Å²) in [5.41, 5.74) is 1.17. The van der Waals surface area contributed by atoms with E-state index < -0.39 is 0 Å². The molecular formula is C14H13Br2N3O. The number of carbonyl (C=O) groups is 1. The molecule has 6 heteroatoms. The van der Waals surface area contributed by atoms with E-state index in [1.807, 2.05) is 24.3 Å². The number of benzene rings is 1. The lowest BCUT2D eigenvalue weighted by atomic mass is 10.1. The molecule has 0 radical (unpaired) electrons. The number of aromatic nitrogens is 1. The third-order valence-corrected chi connectivity index (χ3v) is 3.54. The standard InChI is InChI=1S/C14H13Br2N3O/c15-11-3-1-2-10(8-11)4-6-18-14(20)19-13-9-12(16)5-7-17-13/h1-3,5,7-9H,4,6H2,(H2,17,18,19,20). The lowest BCUT2D eigenvalue weighted by Crippen LogP contribution is -2.30. The Morgan fingerprint density at radius 2 is 1.95 bits per heavy atom. The van der Waals surface area contributed by atoms with Crippen molar-refractivity contribution >= 4 is 43.7 Å². The summed E-state index contributed by atoms with van der Waals surface area (Å²) >= 11 is 6.75. The molecule has 1 aromatic carbocycles. The number of nitrogens with zero attached hydrogens (tertiary/aromatic N) is 1. The van der Waals surface area contributed by atoms with Gasteiger partial charge in [0.05, 0.1) is 0 Å². The Bertz CT molecular complexity index is 604. The number of hydrogen-bond acceptors (Lipinski definition) is 2. The van der Waals surface area contributed by atoms with E-state index in [4.69, 9.17) is 0 Å². The first-order valence-electron chi connectivity index (χ1n) is 6.04. The molecule has 0 aliphatic heterocycles. The van der Waals surface area contributed by atoms with Crippen molar-refractivity contribution < 1.29 is 4.79 Å². The average molecular weight is 399 g/mol. The number of anilines is 1. The van der Waals surface area contributed by atoms with Gasteiger partial charge in [-0.3, -0.25) is 5.32 Å². The lowest BCUT2D eigenvalue weighted by Gasteiger charge is -2.07. The van der Waals surface area contributed by atoms with Crippen LogP contribution in [0.15, 0.2) is 51.5 Å². The molecule has 4 nitrogen and oxygen atoms in total. The van der Waals surface area contributed by atoms with Crippen molar-refractivity contribution in [3.8, 4) is 0 Å². The highest BCUT2D eigenvalue weighted by molar-refractivity contribution is 9.10. The number of amides is 2. The maximum absolute atomic E-state index is 11.7. The Hall–Kier alpha value is -1.40. The van der Waals surface area contributed by atoms with Gasteiger partial charge in [-0.05, 0) is 36.2 Å². The molecule has 2 rings (SSSR count). The Morgan fingerprint density at radius 3 is 2.70 bits per heavy atom. The van der Waals surface area contributed by atoms with Crippen LogP contribution in [-0.2, 0) is 6.42 Å². The van der Waals surface area contributed by atoms with E-state index in [-0.39, 0.29) is 6.03 Å². The van der Waals surface area contributed by atoms with Crippen LogP contribution in [0, 0.1) is 0 Å². The summed E-state index contributed by atoms with van der Waals surface area (Å²) in [6.45, 7) is 0.566. The number of rotatable bonds is 4. The summed E-state index contributed by atoms with van der Waals surface area (Å²) < 4.78 is 1.91. The van der Waals surface area contributed by atoms with Crippen LogP contribution in [0.3, 0.4) is 0 Å². The first-order valence-corrected chi connectivity index (χ1v) is 7.63. The smallest absolute Gasteiger partial charge is 0.320 e. The van der Waals surface area contributed by atoms with Crippen molar-refractivity contribution in [2.24, 2.45) is 0 Å². The van der Waals surface area contributed by atoms with E-state index in [0.29, 0.717) is 12.4 Å². The number of halogens is 2. The van der Waals surface area contributed by atoms with Crippen molar-refractivity contribution in [1.82, 2.24) is 10.3 Å². The molecule has 2 N–H and O–H groups in total. The van der Waals surface area contributed by atoms with Crippen molar-refractivity contribution in [1.29, 1.82) is 0 Å². The molecule has 2 amide bonds. The lowest BCUT2D eigenvalue weighted by molar-refractivity contribution is 0.252. The Labute approximate surface area is 134 Å². The van der Waals surface area contributed by atoms with Crippen molar-refractivity contribution in [2.45, 2.75) is 6.42 Å². The van der Waals surface area contributed by atoms with E-state index in [0.717, 1.165) is 15.4 Å². The van der Waals surface area contributed by atoms with Crippen LogP contribution < -0.4 is 10.6 Å². The van der Waals surface area contributed by atoms with Gasteiger partial charge in [-0.1, -0.05) is 44.0 Å². The molecule has 0 unspecified atom stereocenters. The molecule has 1 heterocycles. The highest BCUT2D eigenvalue weighted by Crippen LogP contribution is 2.13. The van der Waals surface area contributed by atoms with Gasteiger partial charge in [-0.15, -0.1) is 0 Å². The summed E-state index contributed by atoms with van der Waals surface area (Å²) in [6.07, 6.45) is 2.40. The number of hydrogen-bond donors (Lipinski definition) is 2. The minimum absolute atomic E-state index is 0.259. The van der Waals surface area contributed by atoms with E-state index in [2.05, 4.69) is 47.5 Å². The maximum atomic E-state index is 11.7. The predicted octanol–water partition coefficient (Wildman–Crippen LogP) is 3.97. The van der Waals surface area contributed by atoms with Crippen LogP contribution in [0.1, 0.15) is 5.56 Å². The molecule has 0 bridgehead atoms. The van der Waals surface area contributed by atoms with Gasteiger partial charge in [0.15, 0.2) is 0 Å². The average Bonchev–Trinajstić information content (AvgIpc) is 2.38. The van der Waals surface area contributed by atoms with Gasteiger partial charge >= 0.3 is 6.03 Å². The Kier molecular flexibility index (Phi) is 5.55. The minimum atomic E-state index is -0.259. The molecule has 0 aliphatic carbocycles. The highest BCUT2D eigenvalue weighted by Gasteiger charge is 2.02. The zero-order valence-electron chi connectivity index (χ0n) is 10.6. The largest absolute Gasteiger partial charge is 0.337 e. The Balaban J connectivity index is 1.78. The summed E-state index contributed by atoms with van der Waals surface area (Å²) in [5.74, 6) is 0.513. The maximum Gasteiger partial charge on any atom is 0.320 e. The van der Waals surface area contributed by atoms with Gasteiger partial charge < -0.3 is 5.32 Å². The fourth-order valence-corrected chi connectivity index (χ4v) is 2.43. The number of carbonyl (C=O) groups excluding carboxylic acids is 1. The monoisotopic (exact) mass is 397 g/mol. The van der Waals surface area contributed by atoms with E-state index in [1.54, 1.807) is 18.3 Å². The SMILES string of the molecule is O=C(NCCc1cccc(Br)c1)Nc1cc(Br)ccn1. The second-order valence-electron chi connectivity index (χ2n) is 4.12. The van der Waals surface area contributed by atoms with Crippen molar-refractivity contribution in [3.63, 3.8) is 0 Å². The van der Waals surface area contributed by atoms with Gasteiger partial charge in [0.2, 0.25) is 0 Å². The zero-order valence-corrected chi connectivity index (χ0v) is 13.7. The molecule has 0 saturated carbocycles. The van der Waals surface area contributed by atoms with Crippen molar-refractivity contribution in [2.75, 3.05) is 11.9 Å². The number of urea groups is 1.